The second-order valence-electron chi connectivity index (χ2n) is 7.25. The van der Waals surface area contributed by atoms with Gasteiger partial charge in [0, 0.05) is 18.4 Å². The van der Waals surface area contributed by atoms with Crippen LogP contribution in [0.25, 0.3) is 10.9 Å². The summed E-state index contributed by atoms with van der Waals surface area (Å²) in [6.45, 7) is 2.05. The number of hydrogen-bond donors (Lipinski definition) is 2. The normalized spacial score (nSPS) is 16.6. The number of ether oxygens (including phenoxy) is 1. The van der Waals surface area contributed by atoms with Crippen LogP contribution in [0.3, 0.4) is 0 Å². The highest BCUT2D eigenvalue weighted by Crippen LogP contribution is 2.29. The number of piperidine rings is 1. The molecule has 0 bridgehead atoms. The van der Waals surface area contributed by atoms with Gasteiger partial charge in [0.25, 0.3) is 0 Å². The number of nitrogens with zero attached hydrogens (tertiary/aromatic N) is 3. The van der Waals surface area contributed by atoms with E-state index in [2.05, 4.69) is 25.4 Å². The molecule has 2 N–H and O–H groups in total. The summed E-state index contributed by atoms with van der Waals surface area (Å²) in [5, 5.41) is 12.6. The van der Waals surface area contributed by atoms with E-state index in [1.54, 1.807) is 0 Å². The standard InChI is InChI=1S/C23H23N5O/c1-2-6-19(7-3-1)29-20-10-8-17(9-11-20)27-23-21-16-26-28(22(21)12-14-25-23)18-5-4-13-24-15-18/h1-3,6-12,14,16,18,24H,4-5,13,15H2,(H,25,27)/t18-/m1/s1. The van der Waals surface area contributed by atoms with E-state index in [0.717, 1.165) is 53.4 Å². The molecule has 6 heteroatoms. The van der Waals surface area contributed by atoms with Gasteiger partial charge in [-0.3, -0.25) is 4.68 Å². The van der Waals surface area contributed by atoms with Gasteiger partial charge in [0.05, 0.1) is 23.1 Å². The molecule has 1 atom stereocenters. The van der Waals surface area contributed by atoms with Crippen molar-refractivity contribution in [1.82, 2.24) is 20.1 Å². The number of pyridine rings is 1. The van der Waals surface area contributed by atoms with E-state index in [-0.39, 0.29) is 0 Å². The molecule has 6 nitrogen and oxygen atoms in total. The summed E-state index contributed by atoms with van der Waals surface area (Å²) in [5.41, 5.74) is 2.07. The second kappa shape index (κ2) is 7.93. The van der Waals surface area contributed by atoms with Crippen LogP contribution in [0.1, 0.15) is 18.9 Å². The molecule has 1 saturated heterocycles. The lowest BCUT2D eigenvalue weighted by Gasteiger charge is -2.23. The van der Waals surface area contributed by atoms with Gasteiger partial charge in [-0.1, -0.05) is 18.2 Å². The maximum absolute atomic E-state index is 5.86. The molecule has 0 radical (unpaired) electrons. The second-order valence-corrected chi connectivity index (χ2v) is 7.25. The van der Waals surface area contributed by atoms with E-state index in [9.17, 15) is 0 Å². The molecule has 0 aliphatic carbocycles. The lowest BCUT2D eigenvalue weighted by molar-refractivity contribution is 0.355. The predicted octanol–water partition coefficient (Wildman–Crippen LogP) is 4.89. The van der Waals surface area contributed by atoms with Gasteiger partial charge in [-0.2, -0.15) is 5.10 Å². The fourth-order valence-corrected chi connectivity index (χ4v) is 3.77. The van der Waals surface area contributed by atoms with E-state index in [1.807, 2.05) is 73.1 Å². The third kappa shape index (κ3) is 3.79. The maximum atomic E-state index is 5.86. The van der Waals surface area contributed by atoms with Crippen molar-refractivity contribution < 1.29 is 4.74 Å². The summed E-state index contributed by atoms with van der Waals surface area (Å²) < 4.78 is 7.99. The van der Waals surface area contributed by atoms with Gasteiger partial charge >= 0.3 is 0 Å². The number of nitrogens with one attached hydrogen (secondary N) is 2. The van der Waals surface area contributed by atoms with Crippen LogP contribution in [0.4, 0.5) is 11.5 Å². The van der Waals surface area contributed by atoms with E-state index in [1.165, 1.54) is 6.42 Å². The molecule has 0 spiro atoms. The van der Waals surface area contributed by atoms with Crippen LogP contribution in [-0.2, 0) is 0 Å². The Kier molecular flexibility index (Phi) is 4.84. The van der Waals surface area contributed by atoms with Crippen molar-refractivity contribution in [3.05, 3.63) is 73.1 Å². The quantitative estimate of drug-likeness (QED) is 0.512. The van der Waals surface area contributed by atoms with E-state index >= 15 is 0 Å². The molecule has 0 amide bonds. The largest absolute Gasteiger partial charge is 0.457 e. The summed E-state index contributed by atoms with van der Waals surface area (Å²) in [6, 6.07) is 20.1. The van der Waals surface area contributed by atoms with Crippen molar-refractivity contribution in [2.24, 2.45) is 0 Å². The number of fused-ring (bicyclic) bond motifs is 1. The zero-order valence-corrected chi connectivity index (χ0v) is 16.1. The Morgan fingerprint density at radius 3 is 2.62 bits per heavy atom. The molecule has 146 valence electrons. The molecular formula is C23H23N5O. The first-order chi connectivity index (χ1) is 14.4. The molecule has 29 heavy (non-hydrogen) atoms. The Bertz CT molecular complexity index is 1090. The Morgan fingerprint density at radius 1 is 1.00 bits per heavy atom. The van der Waals surface area contributed by atoms with Crippen LogP contribution in [0.5, 0.6) is 11.5 Å². The summed E-state index contributed by atoms with van der Waals surface area (Å²) in [7, 11) is 0. The Hall–Kier alpha value is -3.38. The van der Waals surface area contributed by atoms with Crippen LogP contribution in [0.2, 0.25) is 0 Å². The summed E-state index contributed by atoms with van der Waals surface area (Å²) in [4.78, 5) is 4.54. The molecule has 5 rings (SSSR count). The van der Waals surface area contributed by atoms with Crippen molar-refractivity contribution in [1.29, 1.82) is 0 Å². The molecular weight excluding hydrogens is 362 g/mol. The average molecular weight is 385 g/mol. The fraction of sp³-hybridized carbons (Fsp3) is 0.217. The third-order valence-electron chi connectivity index (χ3n) is 5.24. The Morgan fingerprint density at radius 2 is 1.83 bits per heavy atom. The van der Waals surface area contributed by atoms with E-state index in [0.29, 0.717) is 6.04 Å². The first-order valence-corrected chi connectivity index (χ1v) is 10.00. The minimum Gasteiger partial charge on any atom is -0.457 e. The number of rotatable bonds is 5. The van der Waals surface area contributed by atoms with Crippen LogP contribution < -0.4 is 15.4 Å². The van der Waals surface area contributed by atoms with Crippen molar-refractivity contribution in [3.63, 3.8) is 0 Å². The first kappa shape index (κ1) is 17.7. The number of hydrogen-bond acceptors (Lipinski definition) is 5. The van der Waals surface area contributed by atoms with Gasteiger partial charge in [-0.05, 0) is 61.9 Å². The van der Waals surface area contributed by atoms with Gasteiger partial charge in [-0.15, -0.1) is 0 Å². The van der Waals surface area contributed by atoms with Crippen LogP contribution in [0, 0.1) is 0 Å². The third-order valence-corrected chi connectivity index (χ3v) is 5.24. The van der Waals surface area contributed by atoms with Crippen LogP contribution in [0.15, 0.2) is 73.1 Å². The average Bonchev–Trinajstić information content (AvgIpc) is 3.22. The minimum atomic E-state index is 0.394. The number of anilines is 2. The van der Waals surface area contributed by atoms with Crippen molar-refractivity contribution in [3.8, 4) is 11.5 Å². The van der Waals surface area contributed by atoms with E-state index < -0.39 is 0 Å². The van der Waals surface area contributed by atoms with Crippen molar-refractivity contribution in [2.45, 2.75) is 18.9 Å². The van der Waals surface area contributed by atoms with Gasteiger partial charge in [0.1, 0.15) is 17.3 Å². The summed E-state index contributed by atoms with van der Waals surface area (Å²) in [6.07, 6.45) is 6.08. The monoisotopic (exact) mass is 385 g/mol. The lowest BCUT2D eigenvalue weighted by Crippen LogP contribution is -2.32. The maximum Gasteiger partial charge on any atom is 0.141 e. The van der Waals surface area contributed by atoms with Crippen LogP contribution in [-0.4, -0.2) is 27.9 Å². The zero-order valence-electron chi connectivity index (χ0n) is 16.1. The highest BCUT2D eigenvalue weighted by Gasteiger charge is 2.18. The predicted molar refractivity (Wildman–Crippen MR) is 115 cm³/mol. The van der Waals surface area contributed by atoms with Gasteiger partial charge in [-0.25, -0.2) is 4.98 Å². The molecule has 4 aromatic rings. The number of para-hydroxylation sites is 1. The minimum absolute atomic E-state index is 0.394. The van der Waals surface area contributed by atoms with Crippen molar-refractivity contribution >= 4 is 22.4 Å². The highest BCUT2D eigenvalue weighted by atomic mass is 16.5. The van der Waals surface area contributed by atoms with Gasteiger partial charge in [0.2, 0.25) is 0 Å². The lowest BCUT2D eigenvalue weighted by atomic mass is 10.1. The Balaban J connectivity index is 1.35. The SMILES string of the molecule is c1ccc(Oc2ccc(Nc3nccc4c3cnn4[C@@H]3CCCNC3)cc2)cc1. The topological polar surface area (TPSA) is 64.0 Å². The van der Waals surface area contributed by atoms with Gasteiger partial charge < -0.3 is 15.4 Å². The van der Waals surface area contributed by atoms with Crippen molar-refractivity contribution in [2.75, 3.05) is 18.4 Å². The Labute approximate surface area is 169 Å². The number of aromatic nitrogens is 3. The van der Waals surface area contributed by atoms with E-state index in [4.69, 9.17) is 4.74 Å². The van der Waals surface area contributed by atoms with Gasteiger partial charge in [0.15, 0.2) is 0 Å². The molecule has 1 fully saturated rings. The molecule has 2 aromatic carbocycles. The number of benzene rings is 2. The molecule has 1 aliphatic rings. The zero-order chi connectivity index (χ0) is 19.5. The molecule has 0 unspecified atom stereocenters. The summed E-state index contributed by atoms with van der Waals surface area (Å²) in [5.74, 6) is 2.43. The molecule has 0 saturated carbocycles. The first-order valence-electron chi connectivity index (χ1n) is 10.00. The molecule has 3 heterocycles. The van der Waals surface area contributed by atoms with Crippen LogP contribution >= 0.6 is 0 Å². The highest BCUT2D eigenvalue weighted by molar-refractivity contribution is 5.90. The molecule has 1 aliphatic heterocycles. The molecule has 2 aromatic heterocycles. The fourth-order valence-electron chi connectivity index (χ4n) is 3.77. The summed E-state index contributed by atoms with van der Waals surface area (Å²) >= 11 is 0. The smallest absolute Gasteiger partial charge is 0.141 e.